The average molecular weight is 275 g/mol. The summed E-state index contributed by atoms with van der Waals surface area (Å²) in [6.07, 6.45) is 3.47. The van der Waals surface area contributed by atoms with Crippen LogP contribution in [0.1, 0.15) is 27.7 Å². The number of ether oxygens (including phenoxy) is 1. The minimum Gasteiger partial charge on any atom is -0.459 e. The molecule has 0 fully saturated rings. The van der Waals surface area contributed by atoms with Crippen molar-refractivity contribution in [1.82, 2.24) is 14.7 Å². The van der Waals surface area contributed by atoms with Crippen molar-refractivity contribution in [3.63, 3.8) is 0 Å². The maximum atomic E-state index is 12.4. The van der Waals surface area contributed by atoms with Gasteiger partial charge < -0.3 is 14.1 Å². The molecule has 0 aliphatic carbocycles. The first-order valence-corrected chi connectivity index (χ1v) is 6.53. The van der Waals surface area contributed by atoms with Gasteiger partial charge in [-0.1, -0.05) is 0 Å². The molecule has 1 aliphatic rings. The quantitative estimate of drug-likeness (QED) is 0.849. The number of amides is 1. The fourth-order valence-electron chi connectivity index (χ4n) is 2.69. The molecule has 0 spiro atoms. The molecular formula is C14H17N3O3. The number of carbonyl (C=O) groups excluding carboxylic acids is 1. The summed E-state index contributed by atoms with van der Waals surface area (Å²) >= 11 is 0. The number of aromatic nitrogens is 2. The Labute approximate surface area is 116 Å². The lowest BCUT2D eigenvalue weighted by Crippen LogP contribution is -2.39. The topological polar surface area (TPSA) is 60.5 Å². The molecule has 3 heterocycles. The number of hydrogen-bond donors (Lipinski definition) is 0. The number of methoxy groups -OCH3 is 1. The van der Waals surface area contributed by atoms with E-state index in [1.807, 2.05) is 13.2 Å². The molecule has 106 valence electrons. The lowest BCUT2D eigenvalue weighted by molar-refractivity contribution is 0.0647. The van der Waals surface area contributed by atoms with Crippen LogP contribution in [0.5, 0.6) is 0 Å². The standard InChI is InChI=1S/C14H17N3O3/c1-16-6-10-7-17(14(18)12-4-3-5-20-12)8-11(9-19-2)13(10)15-16/h3-6,11H,7-9H2,1-2H3/t11-/m1/s1. The van der Waals surface area contributed by atoms with Gasteiger partial charge in [0.1, 0.15) is 0 Å². The molecule has 0 N–H and O–H groups in total. The van der Waals surface area contributed by atoms with E-state index in [1.165, 1.54) is 6.26 Å². The Morgan fingerprint density at radius 2 is 2.45 bits per heavy atom. The zero-order valence-electron chi connectivity index (χ0n) is 11.6. The predicted octanol–water partition coefficient (Wildman–Crippen LogP) is 1.40. The average Bonchev–Trinajstić information content (AvgIpc) is 3.06. The molecule has 1 atom stereocenters. The Bertz CT molecular complexity index is 603. The molecule has 6 heteroatoms. The van der Waals surface area contributed by atoms with Crippen LogP contribution in [-0.4, -0.2) is 40.8 Å². The number of furan rings is 1. The predicted molar refractivity (Wildman–Crippen MR) is 71.3 cm³/mol. The summed E-state index contributed by atoms with van der Waals surface area (Å²) in [7, 11) is 3.55. The van der Waals surface area contributed by atoms with E-state index in [-0.39, 0.29) is 11.8 Å². The van der Waals surface area contributed by atoms with Crippen LogP contribution in [0.3, 0.4) is 0 Å². The van der Waals surface area contributed by atoms with Crippen molar-refractivity contribution in [1.29, 1.82) is 0 Å². The van der Waals surface area contributed by atoms with Crippen LogP contribution in [-0.2, 0) is 18.3 Å². The molecule has 2 aromatic rings. The van der Waals surface area contributed by atoms with Gasteiger partial charge in [0, 0.05) is 44.9 Å². The third kappa shape index (κ3) is 2.22. The molecule has 0 bridgehead atoms. The Hall–Kier alpha value is -2.08. The smallest absolute Gasteiger partial charge is 0.289 e. The van der Waals surface area contributed by atoms with Gasteiger partial charge in [0.25, 0.3) is 5.91 Å². The first-order chi connectivity index (χ1) is 9.69. The van der Waals surface area contributed by atoms with Crippen molar-refractivity contribution < 1.29 is 13.9 Å². The highest BCUT2D eigenvalue weighted by Crippen LogP contribution is 2.28. The van der Waals surface area contributed by atoms with Gasteiger partial charge in [-0.25, -0.2) is 0 Å². The van der Waals surface area contributed by atoms with Crippen LogP contribution < -0.4 is 0 Å². The first-order valence-electron chi connectivity index (χ1n) is 6.53. The van der Waals surface area contributed by atoms with Crippen molar-refractivity contribution in [2.24, 2.45) is 7.05 Å². The van der Waals surface area contributed by atoms with E-state index in [9.17, 15) is 4.79 Å². The molecule has 2 aromatic heterocycles. The van der Waals surface area contributed by atoms with Gasteiger partial charge in [0.05, 0.1) is 18.6 Å². The summed E-state index contributed by atoms with van der Waals surface area (Å²) < 4.78 is 12.2. The molecule has 0 aromatic carbocycles. The summed E-state index contributed by atoms with van der Waals surface area (Å²) in [6.45, 7) is 1.70. The van der Waals surface area contributed by atoms with Crippen molar-refractivity contribution in [3.05, 3.63) is 41.6 Å². The van der Waals surface area contributed by atoms with E-state index in [4.69, 9.17) is 9.15 Å². The molecule has 0 unspecified atom stereocenters. The van der Waals surface area contributed by atoms with Gasteiger partial charge in [-0.3, -0.25) is 9.48 Å². The lowest BCUT2D eigenvalue weighted by Gasteiger charge is -2.31. The van der Waals surface area contributed by atoms with Gasteiger partial charge in [0.2, 0.25) is 0 Å². The normalized spacial score (nSPS) is 18.1. The van der Waals surface area contributed by atoms with Gasteiger partial charge in [-0.2, -0.15) is 5.10 Å². The second kappa shape index (κ2) is 5.13. The second-order valence-electron chi connectivity index (χ2n) is 5.03. The fourth-order valence-corrected chi connectivity index (χ4v) is 2.69. The van der Waals surface area contributed by atoms with Crippen molar-refractivity contribution in [2.75, 3.05) is 20.3 Å². The highest BCUT2D eigenvalue weighted by molar-refractivity contribution is 5.91. The van der Waals surface area contributed by atoms with Crippen LogP contribution in [0, 0.1) is 0 Å². The summed E-state index contributed by atoms with van der Waals surface area (Å²) in [6, 6.07) is 3.41. The molecule has 1 aliphatic heterocycles. The highest BCUT2D eigenvalue weighted by atomic mass is 16.5. The third-order valence-corrected chi connectivity index (χ3v) is 3.51. The first kappa shape index (κ1) is 12.9. The number of carbonyl (C=O) groups is 1. The van der Waals surface area contributed by atoms with E-state index in [0.717, 1.165) is 11.3 Å². The number of aryl methyl sites for hydroxylation is 1. The Kier molecular flexibility index (Phi) is 3.31. The van der Waals surface area contributed by atoms with E-state index in [1.54, 1.807) is 28.8 Å². The molecule has 0 radical (unpaired) electrons. The van der Waals surface area contributed by atoms with Gasteiger partial charge in [-0.05, 0) is 12.1 Å². The summed E-state index contributed by atoms with van der Waals surface area (Å²) in [4.78, 5) is 14.2. The zero-order chi connectivity index (χ0) is 14.1. The van der Waals surface area contributed by atoms with E-state index in [2.05, 4.69) is 5.10 Å². The monoisotopic (exact) mass is 275 g/mol. The van der Waals surface area contributed by atoms with Crippen molar-refractivity contribution in [2.45, 2.75) is 12.5 Å². The van der Waals surface area contributed by atoms with Crippen LogP contribution >= 0.6 is 0 Å². The van der Waals surface area contributed by atoms with E-state index in [0.29, 0.717) is 25.5 Å². The van der Waals surface area contributed by atoms with Gasteiger partial charge in [-0.15, -0.1) is 0 Å². The highest BCUT2D eigenvalue weighted by Gasteiger charge is 2.31. The maximum absolute atomic E-state index is 12.4. The second-order valence-corrected chi connectivity index (χ2v) is 5.03. The van der Waals surface area contributed by atoms with Crippen LogP contribution in [0.4, 0.5) is 0 Å². The number of rotatable bonds is 3. The van der Waals surface area contributed by atoms with Gasteiger partial charge >= 0.3 is 0 Å². The maximum Gasteiger partial charge on any atom is 0.289 e. The van der Waals surface area contributed by atoms with Crippen LogP contribution in [0.2, 0.25) is 0 Å². The Morgan fingerprint density at radius 3 is 3.15 bits per heavy atom. The molecular weight excluding hydrogens is 258 g/mol. The molecule has 0 saturated heterocycles. The van der Waals surface area contributed by atoms with Gasteiger partial charge in [0.15, 0.2) is 5.76 Å². The molecule has 20 heavy (non-hydrogen) atoms. The zero-order valence-corrected chi connectivity index (χ0v) is 11.6. The molecule has 3 rings (SSSR count). The van der Waals surface area contributed by atoms with E-state index >= 15 is 0 Å². The molecule has 1 amide bonds. The molecule has 0 saturated carbocycles. The van der Waals surface area contributed by atoms with Crippen LogP contribution in [0.15, 0.2) is 29.0 Å². The lowest BCUT2D eigenvalue weighted by atomic mass is 9.97. The summed E-state index contributed by atoms with van der Waals surface area (Å²) in [5.41, 5.74) is 2.10. The van der Waals surface area contributed by atoms with Crippen LogP contribution in [0.25, 0.3) is 0 Å². The largest absolute Gasteiger partial charge is 0.459 e. The fraction of sp³-hybridized carbons (Fsp3) is 0.429. The third-order valence-electron chi connectivity index (χ3n) is 3.51. The number of hydrogen-bond acceptors (Lipinski definition) is 4. The van der Waals surface area contributed by atoms with Crippen molar-refractivity contribution >= 4 is 5.91 Å². The molecule has 6 nitrogen and oxygen atoms in total. The Balaban J connectivity index is 1.87. The summed E-state index contributed by atoms with van der Waals surface area (Å²) in [5, 5.41) is 4.48. The number of nitrogens with zero attached hydrogens (tertiary/aromatic N) is 3. The summed E-state index contributed by atoms with van der Waals surface area (Å²) in [5.74, 6) is 0.378. The minimum atomic E-state index is -0.0920. The SMILES string of the molecule is COC[C@H]1CN(C(=O)c2ccco2)Cc2cn(C)nc21. The van der Waals surface area contributed by atoms with E-state index < -0.39 is 0 Å². The minimum absolute atomic E-state index is 0.0920. The Morgan fingerprint density at radius 1 is 1.60 bits per heavy atom. The number of fused-ring (bicyclic) bond motifs is 1. The van der Waals surface area contributed by atoms with Crippen molar-refractivity contribution in [3.8, 4) is 0 Å².